The summed E-state index contributed by atoms with van der Waals surface area (Å²) in [6.07, 6.45) is 1.18. The van der Waals surface area contributed by atoms with E-state index in [1.807, 2.05) is 0 Å². The van der Waals surface area contributed by atoms with Crippen molar-refractivity contribution in [3.05, 3.63) is 5.21 Å². The first-order valence-corrected chi connectivity index (χ1v) is 4.59. The van der Waals surface area contributed by atoms with Gasteiger partial charge in [0.05, 0.1) is 18.1 Å². The van der Waals surface area contributed by atoms with E-state index in [-0.39, 0.29) is 0 Å². The van der Waals surface area contributed by atoms with Crippen molar-refractivity contribution < 1.29 is 9.81 Å². The molecule has 0 unspecified atom stereocenters. The second kappa shape index (κ2) is 4.30. The zero-order valence-electron chi connectivity index (χ0n) is 8.43. The van der Waals surface area contributed by atoms with Crippen LogP contribution in [0.25, 0.3) is 0 Å². The van der Waals surface area contributed by atoms with Crippen LogP contribution in [0.3, 0.4) is 0 Å². The summed E-state index contributed by atoms with van der Waals surface area (Å²) in [5, 5.41) is 16.2. The molecule has 0 saturated carbocycles. The van der Waals surface area contributed by atoms with Crippen molar-refractivity contribution in [2.45, 2.75) is 20.3 Å². The third-order valence-electron chi connectivity index (χ3n) is 2.24. The van der Waals surface area contributed by atoms with Gasteiger partial charge in [0.25, 0.3) is 0 Å². The Morgan fingerprint density at radius 2 is 1.92 bits per heavy atom. The zero-order chi connectivity index (χ0) is 9.84. The van der Waals surface area contributed by atoms with E-state index in [1.165, 1.54) is 13.5 Å². The van der Waals surface area contributed by atoms with Gasteiger partial charge in [0, 0.05) is 0 Å². The number of hydrogen-bond acceptors (Lipinski definition) is 3. The summed E-state index contributed by atoms with van der Waals surface area (Å²) in [6, 6.07) is 0. The summed E-state index contributed by atoms with van der Waals surface area (Å²) in [6.45, 7) is 5.81. The van der Waals surface area contributed by atoms with Crippen LogP contribution in [0.5, 0.6) is 0 Å². The van der Waals surface area contributed by atoms with Crippen LogP contribution in [0.1, 0.15) is 20.3 Å². The molecule has 0 aromatic carbocycles. The molecular weight excluding hydrogens is 170 g/mol. The topological polar surface area (TPSA) is 50.9 Å². The second-order valence-electron chi connectivity index (χ2n) is 3.83. The molecule has 1 fully saturated rings. The van der Waals surface area contributed by atoms with E-state index in [1.54, 1.807) is 5.01 Å². The summed E-state index contributed by atoms with van der Waals surface area (Å²) in [5.41, 5.74) is 0. The average Bonchev–Trinajstić information content (AvgIpc) is 2.03. The Bertz CT molecular complexity index is 186. The third kappa shape index (κ3) is 2.75. The maximum Gasteiger partial charge on any atom is 0.232 e. The van der Waals surface area contributed by atoms with Crippen LogP contribution in [0.15, 0.2) is 5.28 Å². The molecule has 0 radical (unpaired) electrons. The van der Waals surface area contributed by atoms with E-state index >= 15 is 0 Å². The van der Waals surface area contributed by atoms with E-state index < -0.39 is 0 Å². The highest BCUT2D eigenvalue weighted by Gasteiger charge is 2.26. The first kappa shape index (κ1) is 10.1. The van der Waals surface area contributed by atoms with Gasteiger partial charge in [-0.05, 0) is 18.3 Å². The van der Waals surface area contributed by atoms with Crippen LogP contribution < -0.4 is 0 Å². The molecular formula is C8H17N3O2. The van der Waals surface area contributed by atoms with E-state index in [9.17, 15) is 5.21 Å². The lowest BCUT2D eigenvalue weighted by Crippen LogP contribution is -2.42. The Balaban J connectivity index is 2.54. The highest BCUT2D eigenvalue weighted by atomic mass is 16.7. The van der Waals surface area contributed by atoms with E-state index in [0.717, 1.165) is 13.1 Å². The van der Waals surface area contributed by atoms with E-state index in [0.29, 0.717) is 16.8 Å². The van der Waals surface area contributed by atoms with E-state index in [2.05, 4.69) is 24.0 Å². The van der Waals surface area contributed by atoms with Crippen molar-refractivity contribution in [1.82, 2.24) is 5.01 Å². The average molecular weight is 187 g/mol. The molecule has 0 aliphatic carbocycles. The maximum absolute atomic E-state index is 11.2. The molecule has 2 atom stereocenters. The Morgan fingerprint density at radius 3 is 2.38 bits per heavy atom. The predicted molar refractivity (Wildman–Crippen MR) is 47.6 cm³/mol. The molecule has 1 heterocycles. The molecule has 0 bridgehead atoms. The highest BCUT2D eigenvalue weighted by molar-refractivity contribution is 4.69. The minimum Gasteiger partial charge on any atom is -0.569 e. The molecule has 0 N–H and O–H groups in total. The molecule has 0 spiro atoms. The minimum atomic E-state index is 0.548. The van der Waals surface area contributed by atoms with Gasteiger partial charge < -0.3 is 10.0 Å². The molecule has 5 heteroatoms. The zero-order valence-corrected chi connectivity index (χ0v) is 8.43. The number of rotatable bonds is 2. The number of hydrogen-bond donors (Lipinski definition) is 0. The quantitative estimate of drug-likeness (QED) is 0.373. The van der Waals surface area contributed by atoms with Gasteiger partial charge in [0.1, 0.15) is 7.11 Å². The Labute approximate surface area is 78.5 Å². The molecule has 0 aromatic rings. The molecule has 1 saturated heterocycles. The Morgan fingerprint density at radius 1 is 1.38 bits per heavy atom. The predicted octanol–water partition coefficient (Wildman–Crippen LogP) is 1.40. The lowest BCUT2D eigenvalue weighted by molar-refractivity contribution is -0.714. The SMILES string of the molecule is CO/N=[N+](\[O-])N1C[C@H](C)C[C@@H](C)C1. The Kier molecular flexibility index (Phi) is 3.33. The van der Waals surface area contributed by atoms with Crippen molar-refractivity contribution in [2.75, 3.05) is 20.2 Å². The van der Waals surface area contributed by atoms with Crippen LogP contribution in [-0.2, 0) is 4.84 Å². The van der Waals surface area contributed by atoms with Gasteiger partial charge in [-0.25, -0.2) is 0 Å². The van der Waals surface area contributed by atoms with Crippen molar-refractivity contribution in [3.8, 4) is 0 Å². The summed E-state index contributed by atoms with van der Waals surface area (Å²) in [7, 11) is 1.38. The fraction of sp³-hybridized carbons (Fsp3) is 1.00. The number of nitrogens with zero attached hydrogens (tertiary/aromatic N) is 3. The van der Waals surface area contributed by atoms with Gasteiger partial charge in [0.2, 0.25) is 5.28 Å². The Hall–Kier alpha value is -1.00. The standard InChI is InChI=1S/C8H17N3O2/c1-7-4-8(2)6-10(5-7)11(12)9-13-3/h7-8H,4-6H2,1-3H3/b11-9-/t7-,8-/m1/s1. The maximum atomic E-state index is 11.2. The van der Waals surface area contributed by atoms with Crippen molar-refractivity contribution in [1.29, 1.82) is 0 Å². The number of hydrazine groups is 1. The molecule has 13 heavy (non-hydrogen) atoms. The monoisotopic (exact) mass is 187 g/mol. The first-order valence-electron chi connectivity index (χ1n) is 4.59. The first-order chi connectivity index (χ1) is 6.13. The summed E-state index contributed by atoms with van der Waals surface area (Å²) in [4.78, 5) is 4.97. The molecule has 1 aliphatic heterocycles. The normalized spacial score (nSPS) is 30.4. The fourth-order valence-corrected chi connectivity index (χ4v) is 1.89. The van der Waals surface area contributed by atoms with Gasteiger partial charge in [-0.15, -0.1) is 5.01 Å². The van der Waals surface area contributed by atoms with Crippen LogP contribution in [0, 0.1) is 17.0 Å². The van der Waals surface area contributed by atoms with Crippen molar-refractivity contribution in [2.24, 2.45) is 17.1 Å². The van der Waals surface area contributed by atoms with Crippen LogP contribution >= 0.6 is 0 Å². The molecule has 1 aliphatic rings. The van der Waals surface area contributed by atoms with Crippen molar-refractivity contribution in [3.63, 3.8) is 0 Å². The lowest BCUT2D eigenvalue weighted by Gasteiger charge is -2.30. The van der Waals surface area contributed by atoms with Gasteiger partial charge >= 0.3 is 0 Å². The minimum absolute atomic E-state index is 0.548. The molecule has 76 valence electrons. The van der Waals surface area contributed by atoms with Gasteiger partial charge in [-0.1, -0.05) is 13.8 Å². The summed E-state index contributed by atoms with van der Waals surface area (Å²) < 4.78 is 0. The summed E-state index contributed by atoms with van der Waals surface area (Å²) in [5.74, 6) is 1.10. The molecule has 0 amide bonds. The number of piperidine rings is 1. The van der Waals surface area contributed by atoms with Gasteiger partial charge in [-0.3, -0.25) is 0 Å². The highest BCUT2D eigenvalue weighted by Crippen LogP contribution is 2.20. The molecule has 5 nitrogen and oxygen atoms in total. The fourth-order valence-electron chi connectivity index (χ4n) is 1.89. The summed E-state index contributed by atoms with van der Waals surface area (Å²) >= 11 is 0. The second-order valence-corrected chi connectivity index (χ2v) is 3.83. The smallest absolute Gasteiger partial charge is 0.232 e. The molecule has 0 aromatic heterocycles. The van der Waals surface area contributed by atoms with Crippen molar-refractivity contribution >= 4 is 0 Å². The van der Waals surface area contributed by atoms with E-state index in [4.69, 9.17) is 0 Å². The van der Waals surface area contributed by atoms with Gasteiger partial charge in [0.15, 0.2) is 0 Å². The lowest BCUT2D eigenvalue weighted by atomic mass is 9.93. The largest absolute Gasteiger partial charge is 0.569 e. The third-order valence-corrected chi connectivity index (χ3v) is 2.24. The van der Waals surface area contributed by atoms with Gasteiger partial charge in [-0.2, -0.15) is 0 Å². The van der Waals surface area contributed by atoms with Crippen LogP contribution in [-0.4, -0.2) is 30.2 Å². The van der Waals surface area contributed by atoms with Crippen LogP contribution in [0.4, 0.5) is 0 Å². The molecule has 1 rings (SSSR count). The van der Waals surface area contributed by atoms with Crippen LogP contribution in [0.2, 0.25) is 0 Å².